The summed E-state index contributed by atoms with van der Waals surface area (Å²) in [5.41, 5.74) is 6.44. The van der Waals surface area contributed by atoms with Gasteiger partial charge in [0.2, 0.25) is 17.7 Å². The molecule has 18 rings (SSSR count). The number of aliphatic carboxylic acids is 2. The number of aliphatic hydroxyl groups excluding tert-OH is 3. The molecule has 696 valence electrons. The fraction of sp³-hybridized carbons (Fsp3) is 0.515. The molecule has 0 saturated carbocycles. The number of carboxylic acid groups (broad SMARTS) is 2. The summed E-state index contributed by atoms with van der Waals surface area (Å²) < 4.78 is 34.0. The summed E-state index contributed by atoms with van der Waals surface area (Å²) >= 11 is 23.8. The number of hydrogen-bond acceptors (Lipinski definition) is 22. The molecule has 0 radical (unpaired) electrons. The Morgan fingerprint density at radius 2 is 0.586 bits per heavy atom. The van der Waals surface area contributed by atoms with E-state index < -0.39 is 48.4 Å². The van der Waals surface area contributed by atoms with Crippen LogP contribution < -0.4 is 69.3 Å². The lowest BCUT2D eigenvalue weighted by Crippen LogP contribution is -2.48. The van der Waals surface area contributed by atoms with Crippen LogP contribution in [-0.2, 0) is 24.0 Å². The van der Waals surface area contributed by atoms with Gasteiger partial charge in [-0.3, -0.25) is 24.0 Å². The molecule has 8 saturated heterocycles. The molecule has 0 bridgehead atoms. The van der Waals surface area contributed by atoms with Crippen LogP contribution in [0.2, 0.25) is 20.1 Å². The Kier molecular flexibility index (Phi) is 37.7. The molecule has 3 unspecified atom stereocenters. The minimum Gasteiger partial charge on any atom is -0.486 e. The molecule has 0 aliphatic carbocycles. The summed E-state index contributed by atoms with van der Waals surface area (Å²) in [6, 6.07) is 46.1. The lowest BCUT2D eigenvalue weighted by Gasteiger charge is -2.30. The zero-order valence-corrected chi connectivity index (χ0v) is 73.6. The first-order valence-corrected chi connectivity index (χ1v) is 45.7. The highest BCUT2D eigenvalue weighted by atomic mass is 35.5. The van der Waals surface area contributed by atoms with Gasteiger partial charge in [-0.1, -0.05) is 86.9 Å². The number of rotatable bonds is 24. The molecular formula is C97H129Cl4N11O16. The van der Waals surface area contributed by atoms with Crippen LogP contribution in [0.15, 0.2) is 152 Å². The highest BCUT2D eigenvalue weighted by Crippen LogP contribution is 2.39. The minimum absolute atomic E-state index is 0. The fourth-order valence-corrected chi connectivity index (χ4v) is 18.5. The van der Waals surface area contributed by atoms with Crippen LogP contribution in [0, 0.1) is 29.6 Å². The zero-order valence-electron chi connectivity index (χ0n) is 70.6. The number of ether oxygens (including phenoxy) is 6. The van der Waals surface area contributed by atoms with Gasteiger partial charge in [0.05, 0.1) is 47.7 Å². The standard InChI is InChI=1S/3C26H32ClN3O4.C11H12ClNO2.C5H9NO2.3CH4/c3*27-20-4-6-21(7-5-20)30-12-9-19(16-30)26(32)28-22(17-29-10-1-2-11-29)25(31)18-3-8-23-24(15-18)34-14-13-33-23;12-9-1-3-10(4-2-9)13-6-5-8(7-13)11(14)15;7-5(8)4-1-2-6-3-4;;;/h3*3-8,15,19,22,25,31H,1-2,9-14,16-17H2,(H,28,32);1-4,8H,5-7H2,(H,14,15);4,6H,1-3H2,(H,7,8);3*1H4/t19?,22-,25-;19-,22+,25+;19-,22-,25-;;;;;/m101...../s1. The number of halogens is 4. The zero-order chi connectivity index (χ0) is 87.3. The van der Waals surface area contributed by atoms with Gasteiger partial charge in [-0.15, -0.1) is 0 Å². The Morgan fingerprint density at radius 1 is 0.336 bits per heavy atom. The lowest BCUT2D eigenvalue weighted by atomic mass is 9.99. The quantitative estimate of drug-likeness (QED) is 0.0271. The van der Waals surface area contributed by atoms with E-state index in [0.29, 0.717) is 147 Å². The van der Waals surface area contributed by atoms with Crippen molar-refractivity contribution < 1.29 is 77.9 Å². The second kappa shape index (κ2) is 48.6. The molecule has 7 aromatic rings. The maximum absolute atomic E-state index is 13.3. The number of benzene rings is 7. The van der Waals surface area contributed by atoms with Gasteiger partial charge >= 0.3 is 11.9 Å². The van der Waals surface area contributed by atoms with E-state index >= 15 is 0 Å². The molecule has 11 aliphatic rings. The van der Waals surface area contributed by atoms with E-state index in [-0.39, 0.29) is 69.6 Å². The van der Waals surface area contributed by atoms with Crippen molar-refractivity contribution in [3.63, 3.8) is 0 Å². The first-order chi connectivity index (χ1) is 60.7. The van der Waals surface area contributed by atoms with Crippen LogP contribution in [-0.4, -0.2) is 252 Å². The molecule has 11 atom stereocenters. The smallest absolute Gasteiger partial charge is 0.308 e. The van der Waals surface area contributed by atoms with Crippen LogP contribution in [0.25, 0.3) is 0 Å². The van der Waals surface area contributed by atoms with Gasteiger partial charge in [0.15, 0.2) is 34.5 Å². The van der Waals surface area contributed by atoms with Gasteiger partial charge in [-0.05, 0) is 267 Å². The van der Waals surface area contributed by atoms with Crippen LogP contribution in [0.1, 0.15) is 128 Å². The molecule has 7 aromatic carbocycles. The van der Waals surface area contributed by atoms with Gasteiger partial charge in [0.25, 0.3) is 0 Å². The number of fused-ring (bicyclic) bond motifs is 3. The average Bonchev–Trinajstić information content (AvgIpc) is 1.18. The van der Waals surface area contributed by atoms with Crippen molar-refractivity contribution in [3.8, 4) is 34.5 Å². The summed E-state index contributed by atoms with van der Waals surface area (Å²) in [5.74, 6) is 1.89. The average molecular weight is 1850 g/mol. The van der Waals surface area contributed by atoms with E-state index in [4.69, 9.17) is 85.0 Å². The summed E-state index contributed by atoms with van der Waals surface area (Å²) in [7, 11) is 0. The summed E-state index contributed by atoms with van der Waals surface area (Å²) in [4.78, 5) is 76.5. The third kappa shape index (κ3) is 27.5. The van der Waals surface area contributed by atoms with Gasteiger partial charge in [0, 0.05) is 121 Å². The normalized spacial score (nSPS) is 21.7. The molecule has 3 amide bonds. The fourth-order valence-electron chi connectivity index (χ4n) is 18.0. The first kappa shape index (κ1) is 99.3. The number of nitrogens with zero attached hydrogens (tertiary/aromatic N) is 7. The van der Waals surface area contributed by atoms with Crippen molar-refractivity contribution in [1.29, 1.82) is 0 Å². The number of likely N-dealkylation sites (tertiary alicyclic amines) is 3. The number of carboxylic acids is 2. The molecule has 0 aromatic heterocycles. The molecule has 27 nitrogen and oxygen atoms in total. The van der Waals surface area contributed by atoms with E-state index in [1.165, 1.54) is 0 Å². The summed E-state index contributed by atoms with van der Waals surface area (Å²) in [6.07, 6.45) is 8.25. The van der Waals surface area contributed by atoms with Crippen LogP contribution in [0.5, 0.6) is 34.5 Å². The van der Waals surface area contributed by atoms with Gasteiger partial charge < -0.3 is 110 Å². The number of carbonyl (C=O) groups is 5. The van der Waals surface area contributed by atoms with Crippen molar-refractivity contribution in [3.05, 3.63) is 188 Å². The summed E-state index contributed by atoms with van der Waals surface area (Å²) in [5, 5.41) is 66.6. The van der Waals surface area contributed by atoms with Crippen LogP contribution in [0.4, 0.5) is 22.7 Å². The molecule has 11 aliphatic heterocycles. The van der Waals surface area contributed by atoms with Crippen LogP contribution >= 0.6 is 46.4 Å². The van der Waals surface area contributed by atoms with Crippen molar-refractivity contribution in [2.75, 3.05) is 184 Å². The second-order valence-electron chi connectivity index (χ2n) is 33.9. The molecule has 128 heavy (non-hydrogen) atoms. The number of nitrogens with one attached hydrogen (secondary N) is 4. The Balaban J connectivity index is 0.000000163. The number of anilines is 4. The predicted octanol–water partition coefficient (Wildman–Crippen LogP) is 13.6. The predicted molar refractivity (Wildman–Crippen MR) is 504 cm³/mol. The largest absolute Gasteiger partial charge is 0.486 e. The molecular weight excluding hydrogens is 1720 g/mol. The monoisotopic (exact) mass is 1840 g/mol. The highest BCUT2D eigenvalue weighted by Gasteiger charge is 2.39. The summed E-state index contributed by atoms with van der Waals surface area (Å²) in [6.45, 7) is 18.2. The number of carbonyl (C=O) groups excluding carboxylic acids is 3. The molecule has 11 heterocycles. The Bertz CT molecular complexity index is 4300. The van der Waals surface area contributed by atoms with E-state index in [9.17, 15) is 39.3 Å². The number of aliphatic hydroxyl groups is 3. The van der Waals surface area contributed by atoms with Gasteiger partial charge in [-0.25, -0.2) is 0 Å². The Hall–Kier alpha value is -9.23. The van der Waals surface area contributed by atoms with E-state index in [0.717, 1.165) is 182 Å². The number of hydrogen-bond donors (Lipinski definition) is 9. The third-order valence-corrected chi connectivity index (χ3v) is 26.2. The van der Waals surface area contributed by atoms with E-state index in [1.807, 2.05) is 152 Å². The van der Waals surface area contributed by atoms with Crippen molar-refractivity contribution in [2.24, 2.45) is 29.6 Å². The maximum Gasteiger partial charge on any atom is 0.308 e. The van der Waals surface area contributed by atoms with E-state index in [1.54, 1.807) is 0 Å². The van der Waals surface area contributed by atoms with Crippen molar-refractivity contribution in [2.45, 2.75) is 129 Å². The van der Waals surface area contributed by atoms with Crippen molar-refractivity contribution in [1.82, 2.24) is 36.0 Å². The van der Waals surface area contributed by atoms with Gasteiger partial charge in [0.1, 0.15) is 58.0 Å². The highest BCUT2D eigenvalue weighted by molar-refractivity contribution is 6.31. The minimum atomic E-state index is -0.839. The molecule has 31 heteroatoms. The Morgan fingerprint density at radius 3 is 0.820 bits per heavy atom. The topological polar surface area (TPSA) is 313 Å². The SMILES string of the molecule is C.C.C.O=C(N[C@H](CN1CCCC1)[C@H](O)c1ccc2c(c1)OCCO2)C1CCN(c2ccc(Cl)cc2)C1.O=C(N[C@H](CN1CCCC1)[C@H](O)c1ccc2c(c1)OCCO2)[C@@H]1CCN(c2ccc(Cl)cc2)C1.O=C(N[C@H](CN1CCCC1)[C@H](O)c1ccc2c(c1)OCCO2)[C@H]1CCN(c2ccc(Cl)cc2)C1.O=C(O)C1CCN(c2ccc(Cl)cc2)C1.O=C(O)C1CCNC1. The second-order valence-corrected chi connectivity index (χ2v) is 35.7. The van der Waals surface area contributed by atoms with Gasteiger partial charge in [-0.2, -0.15) is 0 Å². The lowest BCUT2D eigenvalue weighted by molar-refractivity contribution is -0.141. The first-order valence-electron chi connectivity index (χ1n) is 44.2. The number of amides is 3. The van der Waals surface area contributed by atoms with Crippen molar-refractivity contribution >= 4 is 98.8 Å². The molecule has 0 spiro atoms. The maximum atomic E-state index is 13.3. The van der Waals surface area contributed by atoms with E-state index in [2.05, 4.69) is 55.6 Å². The third-order valence-electron chi connectivity index (χ3n) is 25.2. The van der Waals surface area contributed by atoms with Crippen LogP contribution in [0.3, 0.4) is 0 Å². The molecule has 8 fully saturated rings. The molecule has 9 N–H and O–H groups in total. The Labute approximate surface area is 773 Å².